The number of carboxylic acid groups (broad SMARTS) is 1. The molecule has 0 aliphatic carbocycles. The first kappa shape index (κ1) is 17.3. The van der Waals surface area contributed by atoms with Gasteiger partial charge in [-0.1, -0.05) is 13.3 Å². The standard InChI is InChI=1S/C14H24N2O3/c1-5-7-11(3)15-14(19)16-12(4)9-6-8-10(2)13(17)18/h1,10-12H,6-9H2,2-4H3,(H,17,18)(H2,15,16,19). The molecule has 0 saturated carbocycles. The molecule has 0 rings (SSSR count). The zero-order valence-corrected chi connectivity index (χ0v) is 11.9. The molecule has 5 heteroatoms. The van der Waals surface area contributed by atoms with Gasteiger partial charge in [0.25, 0.3) is 0 Å². The number of nitrogens with one attached hydrogen (secondary N) is 2. The van der Waals surface area contributed by atoms with Crippen molar-refractivity contribution in [1.82, 2.24) is 10.6 Å². The SMILES string of the molecule is C#CCC(C)NC(=O)NC(C)CCCC(C)C(=O)O. The average Bonchev–Trinajstić information content (AvgIpc) is 2.28. The number of amides is 2. The van der Waals surface area contributed by atoms with Crippen LogP contribution in [0.25, 0.3) is 0 Å². The summed E-state index contributed by atoms with van der Waals surface area (Å²) in [5.74, 6) is 1.37. The van der Waals surface area contributed by atoms with E-state index in [9.17, 15) is 9.59 Å². The third kappa shape index (κ3) is 8.95. The molecular weight excluding hydrogens is 244 g/mol. The number of rotatable bonds is 8. The first-order valence-corrected chi connectivity index (χ1v) is 6.60. The Balaban J connectivity index is 3.80. The molecule has 5 nitrogen and oxygen atoms in total. The fourth-order valence-corrected chi connectivity index (χ4v) is 1.64. The minimum Gasteiger partial charge on any atom is -0.481 e. The molecule has 0 aliphatic heterocycles. The van der Waals surface area contributed by atoms with E-state index in [0.717, 1.165) is 12.8 Å². The van der Waals surface area contributed by atoms with Crippen molar-refractivity contribution in [2.45, 2.75) is 58.5 Å². The molecule has 0 radical (unpaired) electrons. The predicted molar refractivity (Wildman–Crippen MR) is 74.7 cm³/mol. The topological polar surface area (TPSA) is 78.4 Å². The second kappa shape index (κ2) is 9.26. The Kier molecular flexibility index (Phi) is 8.43. The minimum atomic E-state index is -0.776. The van der Waals surface area contributed by atoms with Crippen LogP contribution in [0.3, 0.4) is 0 Å². The lowest BCUT2D eigenvalue weighted by Crippen LogP contribution is -2.44. The summed E-state index contributed by atoms with van der Waals surface area (Å²) >= 11 is 0. The van der Waals surface area contributed by atoms with Gasteiger partial charge in [-0.2, -0.15) is 0 Å². The normalized spacial score (nSPS) is 14.8. The van der Waals surface area contributed by atoms with Crippen molar-refractivity contribution in [3.05, 3.63) is 0 Å². The fraction of sp³-hybridized carbons (Fsp3) is 0.714. The van der Waals surface area contributed by atoms with Crippen LogP contribution in [0.1, 0.15) is 46.5 Å². The summed E-state index contributed by atoms with van der Waals surface area (Å²) in [7, 11) is 0. The molecule has 108 valence electrons. The third-order valence-electron chi connectivity index (χ3n) is 2.87. The van der Waals surface area contributed by atoms with Gasteiger partial charge < -0.3 is 15.7 Å². The van der Waals surface area contributed by atoms with Gasteiger partial charge in [-0.3, -0.25) is 4.79 Å². The number of carbonyl (C=O) groups excluding carboxylic acids is 1. The fourth-order valence-electron chi connectivity index (χ4n) is 1.64. The van der Waals surface area contributed by atoms with E-state index in [-0.39, 0.29) is 24.0 Å². The molecule has 0 aromatic carbocycles. The van der Waals surface area contributed by atoms with E-state index in [0.29, 0.717) is 12.8 Å². The zero-order chi connectivity index (χ0) is 14.8. The van der Waals surface area contributed by atoms with Gasteiger partial charge in [0.05, 0.1) is 5.92 Å². The van der Waals surface area contributed by atoms with E-state index >= 15 is 0 Å². The maximum absolute atomic E-state index is 11.6. The lowest BCUT2D eigenvalue weighted by Gasteiger charge is -2.17. The maximum atomic E-state index is 11.6. The van der Waals surface area contributed by atoms with Gasteiger partial charge in [0, 0.05) is 18.5 Å². The highest BCUT2D eigenvalue weighted by molar-refractivity contribution is 5.74. The van der Waals surface area contributed by atoms with Gasteiger partial charge >= 0.3 is 12.0 Å². The lowest BCUT2D eigenvalue weighted by atomic mass is 10.0. The number of aliphatic carboxylic acids is 1. The summed E-state index contributed by atoms with van der Waals surface area (Å²) in [5, 5.41) is 14.3. The maximum Gasteiger partial charge on any atom is 0.315 e. The van der Waals surface area contributed by atoms with Gasteiger partial charge in [0.1, 0.15) is 0 Å². The molecule has 3 unspecified atom stereocenters. The van der Waals surface area contributed by atoms with Crippen molar-refractivity contribution >= 4 is 12.0 Å². The second-order valence-corrected chi connectivity index (χ2v) is 5.00. The largest absolute Gasteiger partial charge is 0.481 e. The third-order valence-corrected chi connectivity index (χ3v) is 2.87. The first-order chi connectivity index (χ1) is 8.86. The van der Waals surface area contributed by atoms with Crippen molar-refractivity contribution in [3.63, 3.8) is 0 Å². The summed E-state index contributed by atoms with van der Waals surface area (Å²) in [6.07, 6.45) is 7.81. The first-order valence-electron chi connectivity index (χ1n) is 6.60. The molecule has 19 heavy (non-hydrogen) atoms. The molecular formula is C14H24N2O3. The Morgan fingerprint density at radius 2 is 1.74 bits per heavy atom. The van der Waals surface area contributed by atoms with E-state index in [1.165, 1.54) is 0 Å². The summed E-state index contributed by atoms with van der Waals surface area (Å²) < 4.78 is 0. The Morgan fingerprint density at radius 3 is 2.26 bits per heavy atom. The quantitative estimate of drug-likeness (QED) is 0.589. The number of carboxylic acids is 1. The molecule has 0 aromatic heterocycles. The van der Waals surface area contributed by atoms with E-state index < -0.39 is 5.97 Å². The van der Waals surface area contributed by atoms with E-state index in [1.807, 2.05) is 13.8 Å². The number of terminal acetylenes is 1. The molecule has 0 bridgehead atoms. The summed E-state index contributed by atoms with van der Waals surface area (Å²) in [6.45, 7) is 5.43. The predicted octanol–water partition coefficient (Wildman–Crippen LogP) is 1.98. The Bertz CT molecular complexity index is 336. The summed E-state index contributed by atoms with van der Waals surface area (Å²) in [6, 6.07) is -0.273. The Labute approximate surface area is 115 Å². The number of carbonyl (C=O) groups is 2. The molecule has 2 amide bonds. The molecule has 3 N–H and O–H groups in total. The molecule has 0 spiro atoms. The van der Waals surface area contributed by atoms with E-state index in [4.69, 9.17) is 11.5 Å². The van der Waals surface area contributed by atoms with Crippen LogP contribution < -0.4 is 10.6 Å². The zero-order valence-electron chi connectivity index (χ0n) is 11.9. The monoisotopic (exact) mass is 268 g/mol. The molecule has 0 saturated heterocycles. The summed E-state index contributed by atoms with van der Waals surface area (Å²) in [5.41, 5.74) is 0. The van der Waals surface area contributed by atoms with Crippen LogP contribution in [0.15, 0.2) is 0 Å². The van der Waals surface area contributed by atoms with Crippen molar-refractivity contribution in [2.24, 2.45) is 5.92 Å². The van der Waals surface area contributed by atoms with Crippen LogP contribution in [-0.4, -0.2) is 29.2 Å². The van der Waals surface area contributed by atoms with Crippen molar-refractivity contribution < 1.29 is 14.7 Å². The van der Waals surface area contributed by atoms with Crippen molar-refractivity contribution in [1.29, 1.82) is 0 Å². The van der Waals surface area contributed by atoms with Crippen LogP contribution in [-0.2, 0) is 4.79 Å². The second-order valence-electron chi connectivity index (χ2n) is 5.00. The van der Waals surface area contributed by atoms with Gasteiger partial charge in [-0.05, 0) is 26.7 Å². The number of urea groups is 1. The highest BCUT2D eigenvalue weighted by Crippen LogP contribution is 2.09. The Hall–Kier alpha value is -1.70. The molecule has 3 atom stereocenters. The highest BCUT2D eigenvalue weighted by atomic mass is 16.4. The van der Waals surface area contributed by atoms with E-state index in [1.54, 1.807) is 6.92 Å². The minimum absolute atomic E-state index is 0.0130. The van der Waals surface area contributed by atoms with Gasteiger partial charge in [-0.15, -0.1) is 12.3 Å². The van der Waals surface area contributed by atoms with Gasteiger partial charge in [0.15, 0.2) is 0 Å². The number of hydrogen-bond donors (Lipinski definition) is 3. The Morgan fingerprint density at radius 1 is 1.16 bits per heavy atom. The molecule has 0 aliphatic rings. The number of hydrogen-bond acceptors (Lipinski definition) is 2. The summed E-state index contributed by atoms with van der Waals surface area (Å²) in [4.78, 5) is 22.2. The van der Waals surface area contributed by atoms with Crippen molar-refractivity contribution in [2.75, 3.05) is 0 Å². The van der Waals surface area contributed by atoms with Crippen LogP contribution in [0.4, 0.5) is 4.79 Å². The van der Waals surface area contributed by atoms with Crippen LogP contribution >= 0.6 is 0 Å². The van der Waals surface area contributed by atoms with Gasteiger partial charge in [-0.25, -0.2) is 4.79 Å². The van der Waals surface area contributed by atoms with Crippen LogP contribution in [0.5, 0.6) is 0 Å². The lowest BCUT2D eigenvalue weighted by molar-refractivity contribution is -0.141. The smallest absolute Gasteiger partial charge is 0.315 e. The average molecular weight is 268 g/mol. The van der Waals surface area contributed by atoms with E-state index in [2.05, 4.69) is 16.6 Å². The van der Waals surface area contributed by atoms with Crippen molar-refractivity contribution in [3.8, 4) is 12.3 Å². The van der Waals surface area contributed by atoms with Gasteiger partial charge in [0.2, 0.25) is 0 Å². The van der Waals surface area contributed by atoms with Crippen LogP contribution in [0, 0.1) is 18.3 Å². The molecule has 0 fully saturated rings. The molecule has 0 heterocycles. The highest BCUT2D eigenvalue weighted by Gasteiger charge is 2.13. The molecule has 0 aromatic rings. The van der Waals surface area contributed by atoms with Crippen LogP contribution in [0.2, 0.25) is 0 Å².